The maximum atomic E-state index is 12.1. The standard InChI is InChI=1S/C18H23N3O3/c22-16-6-2-1-4-13(16)5-3-11-19-18(23)15-9-7-14(8-10-15)17-20-12-24-21-17/h7-10,12-13,16,22H,1-6,11H2,(H,19,23). The number of nitrogens with one attached hydrogen (secondary N) is 1. The number of amides is 1. The van der Waals surface area contributed by atoms with Gasteiger partial charge in [-0.15, -0.1) is 0 Å². The number of aliphatic hydroxyl groups excluding tert-OH is 1. The van der Waals surface area contributed by atoms with Crippen LogP contribution in [0, 0.1) is 5.92 Å². The zero-order chi connectivity index (χ0) is 16.8. The van der Waals surface area contributed by atoms with Crippen molar-refractivity contribution < 1.29 is 14.4 Å². The number of hydrogen-bond donors (Lipinski definition) is 2. The van der Waals surface area contributed by atoms with Crippen molar-refractivity contribution in [2.45, 2.75) is 44.6 Å². The Morgan fingerprint density at radius 1 is 1.25 bits per heavy atom. The van der Waals surface area contributed by atoms with E-state index >= 15 is 0 Å². The molecule has 0 spiro atoms. The first-order valence-electron chi connectivity index (χ1n) is 8.57. The van der Waals surface area contributed by atoms with Crippen LogP contribution in [0.1, 0.15) is 48.9 Å². The van der Waals surface area contributed by atoms with Crippen LogP contribution >= 0.6 is 0 Å². The first kappa shape index (κ1) is 16.6. The molecule has 0 radical (unpaired) electrons. The van der Waals surface area contributed by atoms with E-state index in [9.17, 15) is 9.90 Å². The maximum absolute atomic E-state index is 12.1. The fourth-order valence-corrected chi connectivity index (χ4v) is 3.26. The summed E-state index contributed by atoms with van der Waals surface area (Å²) in [7, 11) is 0. The van der Waals surface area contributed by atoms with Crippen LogP contribution in [-0.4, -0.2) is 33.8 Å². The van der Waals surface area contributed by atoms with Gasteiger partial charge in [0.25, 0.3) is 5.91 Å². The maximum Gasteiger partial charge on any atom is 0.251 e. The molecule has 1 saturated carbocycles. The third kappa shape index (κ3) is 4.20. The Hall–Kier alpha value is -2.21. The van der Waals surface area contributed by atoms with Crippen LogP contribution in [0.3, 0.4) is 0 Å². The van der Waals surface area contributed by atoms with Crippen molar-refractivity contribution >= 4 is 5.91 Å². The van der Waals surface area contributed by atoms with Gasteiger partial charge in [-0.2, -0.15) is 4.98 Å². The van der Waals surface area contributed by atoms with Crippen molar-refractivity contribution in [2.24, 2.45) is 5.92 Å². The molecule has 1 aliphatic rings. The molecule has 1 aliphatic carbocycles. The summed E-state index contributed by atoms with van der Waals surface area (Å²) in [6, 6.07) is 7.12. The van der Waals surface area contributed by atoms with Crippen LogP contribution in [0.2, 0.25) is 0 Å². The number of hydrogen-bond acceptors (Lipinski definition) is 5. The van der Waals surface area contributed by atoms with Crippen LogP contribution in [0.25, 0.3) is 11.4 Å². The Kier molecular flexibility index (Phi) is 5.59. The third-order valence-electron chi connectivity index (χ3n) is 4.67. The predicted octanol–water partition coefficient (Wildman–Crippen LogP) is 2.80. The summed E-state index contributed by atoms with van der Waals surface area (Å²) >= 11 is 0. The minimum absolute atomic E-state index is 0.0844. The molecule has 2 N–H and O–H groups in total. The lowest BCUT2D eigenvalue weighted by molar-refractivity contribution is 0.0641. The van der Waals surface area contributed by atoms with Crippen LogP contribution < -0.4 is 5.32 Å². The molecule has 2 unspecified atom stereocenters. The highest BCUT2D eigenvalue weighted by atomic mass is 16.5. The molecular weight excluding hydrogens is 306 g/mol. The molecule has 0 saturated heterocycles. The number of benzene rings is 1. The molecule has 6 nitrogen and oxygen atoms in total. The molecule has 0 bridgehead atoms. The predicted molar refractivity (Wildman–Crippen MR) is 89.3 cm³/mol. The van der Waals surface area contributed by atoms with E-state index in [-0.39, 0.29) is 12.0 Å². The number of nitrogens with zero attached hydrogens (tertiary/aromatic N) is 2. The van der Waals surface area contributed by atoms with Gasteiger partial charge in [-0.1, -0.05) is 30.1 Å². The van der Waals surface area contributed by atoms with Gasteiger partial charge in [0.05, 0.1) is 6.10 Å². The zero-order valence-corrected chi connectivity index (χ0v) is 13.6. The average Bonchev–Trinajstić information content (AvgIpc) is 3.15. The number of rotatable bonds is 6. The van der Waals surface area contributed by atoms with Crippen molar-refractivity contribution in [1.29, 1.82) is 0 Å². The Bertz CT molecular complexity index is 640. The second-order valence-corrected chi connectivity index (χ2v) is 6.34. The SMILES string of the molecule is O=C(NCCCC1CCCCC1O)c1ccc(-c2ncon2)cc1. The molecule has 24 heavy (non-hydrogen) atoms. The van der Waals surface area contributed by atoms with Crippen molar-refractivity contribution in [3.63, 3.8) is 0 Å². The molecule has 1 fully saturated rings. The second kappa shape index (κ2) is 8.06. The molecule has 0 aliphatic heterocycles. The van der Waals surface area contributed by atoms with Gasteiger partial charge in [-0.05, 0) is 43.7 Å². The van der Waals surface area contributed by atoms with Gasteiger partial charge in [0.2, 0.25) is 12.2 Å². The molecule has 1 aromatic heterocycles. The van der Waals surface area contributed by atoms with Gasteiger partial charge in [-0.3, -0.25) is 4.79 Å². The Morgan fingerprint density at radius 2 is 2.04 bits per heavy atom. The normalized spacial score (nSPS) is 20.7. The largest absolute Gasteiger partial charge is 0.393 e. The van der Waals surface area contributed by atoms with Crippen molar-refractivity contribution in [3.05, 3.63) is 36.2 Å². The van der Waals surface area contributed by atoms with E-state index in [1.54, 1.807) is 24.3 Å². The minimum atomic E-state index is -0.160. The molecule has 1 heterocycles. The van der Waals surface area contributed by atoms with Gasteiger partial charge in [-0.25, -0.2) is 0 Å². The number of carbonyl (C=O) groups is 1. The summed E-state index contributed by atoms with van der Waals surface area (Å²) in [5.74, 6) is 0.816. The van der Waals surface area contributed by atoms with Crippen LogP contribution in [-0.2, 0) is 0 Å². The van der Waals surface area contributed by atoms with Gasteiger partial charge in [0.1, 0.15) is 0 Å². The van der Waals surface area contributed by atoms with Crippen LogP contribution in [0.5, 0.6) is 0 Å². The van der Waals surface area contributed by atoms with Gasteiger partial charge in [0.15, 0.2) is 0 Å². The molecule has 1 aromatic carbocycles. The first-order chi connectivity index (χ1) is 11.7. The Labute approximate surface area is 141 Å². The number of aromatic nitrogens is 2. The Morgan fingerprint density at radius 3 is 2.75 bits per heavy atom. The van der Waals surface area contributed by atoms with Crippen LogP contribution in [0.15, 0.2) is 35.2 Å². The fourth-order valence-electron chi connectivity index (χ4n) is 3.26. The highest BCUT2D eigenvalue weighted by molar-refractivity contribution is 5.94. The lowest BCUT2D eigenvalue weighted by Crippen LogP contribution is -2.27. The lowest BCUT2D eigenvalue weighted by Gasteiger charge is -2.27. The summed E-state index contributed by atoms with van der Waals surface area (Å²) in [6.07, 6.45) is 7.35. The smallest absolute Gasteiger partial charge is 0.251 e. The van der Waals surface area contributed by atoms with Gasteiger partial charge in [0, 0.05) is 17.7 Å². The summed E-state index contributed by atoms with van der Waals surface area (Å²) < 4.78 is 4.71. The fraction of sp³-hybridized carbons (Fsp3) is 0.500. The van der Waals surface area contributed by atoms with E-state index in [4.69, 9.17) is 4.52 Å². The van der Waals surface area contributed by atoms with E-state index in [1.165, 1.54) is 12.8 Å². The molecular formula is C18H23N3O3. The Balaban J connectivity index is 1.43. The second-order valence-electron chi connectivity index (χ2n) is 6.34. The van der Waals surface area contributed by atoms with E-state index < -0.39 is 0 Å². The van der Waals surface area contributed by atoms with Crippen LogP contribution in [0.4, 0.5) is 0 Å². The monoisotopic (exact) mass is 329 g/mol. The van der Waals surface area contributed by atoms with Crippen molar-refractivity contribution in [1.82, 2.24) is 15.5 Å². The molecule has 2 atom stereocenters. The van der Waals surface area contributed by atoms with Crippen molar-refractivity contribution in [3.8, 4) is 11.4 Å². The van der Waals surface area contributed by atoms with E-state index in [0.717, 1.165) is 37.7 Å². The topological polar surface area (TPSA) is 88.2 Å². The molecule has 3 rings (SSSR count). The lowest BCUT2D eigenvalue weighted by atomic mass is 9.83. The van der Waals surface area contributed by atoms with E-state index in [2.05, 4.69) is 15.5 Å². The highest BCUT2D eigenvalue weighted by Crippen LogP contribution is 2.27. The van der Waals surface area contributed by atoms with E-state index in [0.29, 0.717) is 23.9 Å². The molecule has 1 amide bonds. The minimum Gasteiger partial charge on any atom is -0.393 e. The third-order valence-corrected chi connectivity index (χ3v) is 4.67. The average molecular weight is 329 g/mol. The molecule has 2 aromatic rings. The first-order valence-corrected chi connectivity index (χ1v) is 8.57. The molecule has 128 valence electrons. The zero-order valence-electron chi connectivity index (χ0n) is 13.6. The number of aliphatic hydroxyl groups is 1. The highest BCUT2D eigenvalue weighted by Gasteiger charge is 2.22. The summed E-state index contributed by atoms with van der Waals surface area (Å²) in [5, 5.41) is 16.7. The summed E-state index contributed by atoms with van der Waals surface area (Å²) in [5.41, 5.74) is 1.42. The van der Waals surface area contributed by atoms with Gasteiger partial charge >= 0.3 is 0 Å². The number of carbonyl (C=O) groups excluding carboxylic acids is 1. The van der Waals surface area contributed by atoms with Gasteiger partial charge < -0.3 is 14.9 Å². The molecule has 6 heteroatoms. The quantitative estimate of drug-likeness (QED) is 0.796. The summed E-state index contributed by atoms with van der Waals surface area (Å²) in [4.78, 5) is 16.1. The van der Waals surface area contributed by atoms with E-state index in [1.807, 2.05) is 0 Å². The summed E-state index contributed by atoms with van der Waals surface area (Å²) in [6.45, 7) is 0.634. The van der Waals surface area contributed by atoms with Crippen molar-refractivity contribution in [2.75, 3.05) is 6.54 Å².